The Hall–Kier alpha value is -1.31. The van der Waals surface area contributed by atoms with Gasteiger partial charge in [-0.25, -0.2) is 0 Å². The van der Waals surface area contributed by atoms with Crippen molar-refractivity contribution < 1.29 is 4.79 Å². The Morgan fingerprint density at radius 2 is 1.76 bits per heavy atom. The zero-order chi connectivity index (χ0) is 15.7. The first-order valence-corrected chi connectivity index (χ1v) is 8.44. The largest absolute Gasteiger partial charge is 0.358 e. The van der Waals surface area contributed by atoms with Crippen LogP contribution in [0, 0.1) is 5.92 Å². The zero-order valence-corrected chi connectivity index (χ0v) is 14.1. The van der Waals surface area contributed by atoms with Gasteiger partial charge in [-0.15, -0.1) is 0 Å². The molecule has 0 aliphatic heterocycles. The van der Waals surface area contributed by atoms with Crippen LogP contribution in [0.25, 0.3) is 0 Å². The van der Waals surface area contributed by atoms with E-state index < -0.39 is 0 Å². The minimum Gasteiger partial charge on any atom is -0.358 e. The van der Waals surface area contributed by atoms with Crippen molar-refractivity contribution in [3.8, 4) is 0 Å². The number of amides is 1. The van der Waals surface area contributed by atoms with Crippen LogP contribution >= 0.6 is 0 Å². The van der Waals surface area contributed by atoms with Crippen molar-refractivity contribution in [3.63, 3.8) is 0 Å². The predicted molar refractivity (Wildman–Crippen MR) is 90.4 cm³/mol. The van der Waals surface area contributed by atoms with Crippen molar-refractivity contribution in [1.82, 2.24) is 5.32 Å². The van der Waals surface area contributed by atoms with Crippen molar-refractivity contribution >= 4 is 5.91 Å². The first-order valence-electron chi connectivity index (χ1n) is 8.44. The van der Waals surface area contributed by atoms with Crippen molar-refractivity contribution in [3.05, 3.63) is 35.9 Å². The maximum absolute atomic E-state index is 12.8. The smallest absolute Gasteiger partial charge is 0.230 e. The van der Waals surface area contributed by atoms with Crippen LogP contribution in [0.3, 0.4) is 0 Å². The first kappa shape index (κ1) is 17.7. The summed E-state index contributed by atoms with van der Waals surface area (Å²) in [6, 6.07) is 10.4. The van der Waals surface area contributed by atoms with Gasteiger partial charge in [0.25, 0.3) is 0 Å². The highest BCUT2D eigenvalue weighted by atomic mass is 16.2. The average Bonchev–Trinajstić information content (AvgIpc) is 2.54. The molecular weight excluding hydrogens is 258 g/mol. The SMILES string of the molecule is CCCCC(CCC)C(CC)(C(=O)NC)c1ccccc1. The lowest BCUT2D eigenvalue weighted by molar-refractivity contribution is -0.129. The monoisotopic (exact) mass is 289 g/mol. The molecule has 0 saturated heterocycles. The third-order valence-corrected chi connectivity index (χ3v) is 4.72. The number of rotatable bonds is 9. The Morgan fingerprint density at radius 3 is 2.24 bits per heavy atom. The van der Waals surface area contributed by atoms with Gasteiger partial charge in [-0.3, -0.25) is 4.79 Å². The number of nitrogens with one attached hydrogen (secondary N) is 1. The molecule has 2 nitrogen and oxygen atoms in total. The lowest BCUT2D eigenvalue weighted by Crippen LogP contribution is -2.48. The second kappa shape index (κ2) is 8.86. The normalized spacial score (nSPS) is 15.2. The maximum atomic E-state index is 12.8. The zero-order valence-electron chi connectivity index (χ0n) is 14.1. The van der Waals surface area contributed by atoms with Crippen molar-refractivity contribution in [2.75, 3.05) is 7.05 Å². The van der Waals surface area contributed by atoms with Crippen LogP contribution < -0.4 is 5.32 Å². The van der Waals surface area contributed by atoms with E-state index >= 15 is 0 Å². The van der Waals surface area contributed by atoms with Crippen LogP contribution in [0.15, 0.2) is 30.3 Å². The van der Waals surface area contributed by atoms with Gasteiger partial charge in [0, 0.05) is 7.05 Å². The molecule has 0 bridgehead atoms. The van der Waals surface area contributed by atoms with Gasteiger partial charge in [-0.1, -0.05) is 70.4 Å². The molecule has 1 rings (SSSR count). The standard InChI is InChI=1S/C19H31NO/c1-5-8-13-16(12-6-2)19(7-3,18(21)20-4)17-14-10-9-11-15-17/h9-11,14-16H,5-8,12-13H2,1-4H3,(H,20,21). The molecule has 0 aromatic heterocycles. The Morgan fingerprint density at radius 1 is 1.10 bits per heavy atom. The summed E-state index contributed by atoms with van der Waals surface area (Å²) >= 11 is 0. The van der Waals surface area contributed by atoms with Gasteiger partial charge in [0.2, 0.25) is 5.91 Å². The second-order valence-electron chi connectivity index (χ2n) is 5.90. The van der Waals surface area contributed by atoms with Gasteiger partial charge in [0.15, 0.2) is 0 Å². The Balaban J connectivity index is 3.29. The number of unbranched alkanes of at least 4 members (excludes halogenated alkanes) is 1. The van der Waals surface area contributed by atoms with Gasteiger partial charge >= 0.3 is 0 Å². The van der Waals surface area contributed by atoms with Gasteiger partial charge in [0.05, 0.1) is 5.41 Å². The summed E-state index contributed by atoms with van der Waals surface area (Å²) in [6.07, 6.45) is 6.58. The molecule has 118 valence electrons. The van der Waals surface area contributed by atoms with E-state index in [0.717, 1.165) is 25.7 Å². The van der Waals surface area contributed by atoms with E-state index in [4.69, 9.17) is 0 Å². The highest BCUT2D eigenvalue weighted by molar-refractivity contribution is 5.88. The summed E-state index contributed by atoms with van der Waals surface area (Å²) in [6.45, 7) is 6.59. The summed E-state index contributed by atoms with van der Waals surface area (Å²) in [5.74, 6) is 0.584. The van der Waals surface area contributed by atoms with Gasteiger partial charge in [0.1, 0.15) is 0 Å². The number of benzene rings is 1. The molecule has 0 radical (unpaired) electrons. The Kier molecular flexibility index (Phi) is 7.49. The van der Waals surface area contributed by atoms with E-state index in [1.165, 1.54) is 18.4 Å². The Bertz CT molecular complexity index is 415. The van der Waals surface area contributed by atoms with Gasteiger partial charge in [-0.2, -0.15) is 0 Å². The van der Waals surface area contributed by atoms with Gasteiger partial charge in [-0.05, 0) is 30.7 Å². The summed E-state index contributed by atoms with van der Waals surface area (Å²) in [4.78, 5) is 12.8. The van der Waals surface area contributed by atoms with Crippen LogP contribution in [0.2, 0.25) is 0 Å². The fraction of sp³-hybridized carbons (Fsp3) is 0.632. The average molecular weight is 289 g/mol. The van der Waals surface area contributed by atoms with Crippen molar-refractivity contribution in [2.45, 2.75) is 64.7 Å². The molecular formula is C19H31NO. The molecule has 1 amide bonds. The molecule has 1 N–H and O–H groups in total. The quantitative estimate of drug-likeness (QED) is 0.702. The highest BCUT2D eigenvalue weighted by Crippen LogP contribution is 2.41. The molecule has 0 spiro atoms. The number of likely N-dealkylation sites (N-methyl/N-ethyl adjacent to an activating group) is 1. The molecule has 1 aromatic rings. The molecule has 2 unspecified atom stereocenters. The van der Waals surface area contributed by atoms with Crippen molar-refractivity contribution in [1.29, 1.82) is 0 Å². The van der Waals surface area contributed by atoms with Crippen molar-refractivity contribution in [2.24, 2.45) is 5.92 Å². The topological polar surface area (TPSA) is 29.1 Å². The summed E-state index contributed by atoms with van der Waals surface area (Å²) in [7, 11) is 1.76. The van der Waals surface area contributed by atoms with Crippen LogP contribution in [-0.2, 0) is 10.2 Å². The fourth-order valence-corrected chi connectivity index (χ4v) is 3.60. The number of carbonyl (C=O) groups is 1. The van der Waals surface area contributed by atoms with Crippen LogP contribution in [0.4, 0.5) is 0 Å². The molecule has 2 atom stereocenters. The summed E-state index contributed by atoms with van der Waals surface area (Å²) in [5, 5.41) is 2.93. The van der Waals surface area contributed by atoms with E-state index in [1.807, 2.05) is 18.2 Å². The summed E-state index contributed by atoms with van der Waals surface area (Å²) in [5.41, 5.74) is 0.780. The molecule has 0 saturated carbocycles. The third-order valence-electron chi connectivity index (χ3n) is 4.72. The molecule has 21 heavy (non-hydrogen) atoms. The molecule has 0 fully saturated rings. The fourth-order valence-electron chi connectivity index (χ4n) is 3.60. The van der Waals surface area contributed by atoms with Crippen LogP contribution in [0.5, 0.6) is 0 Å². The molecule has 1 aromatic carbocycles. The van der Waals surface area contributed by atoms with Crippen LogP contribution in [0.1, 0.15) is 64.9 Å². The van der Waals surface area contributed by atoms with Crippen LogP contribution in [-0.4, -0.2) is 13.0 Å². The molecule has 0 heterocycles. The lowest BCUT2D eigenvalue weighted by atomic mass is 9.64. The minimum absolute atomic E-state index is 0.172. The van der Waals surface area contributed by atoms with E-state index in [1.54, 1.807) is 7.05 Å². The Labute approximate surface area is 130 Å². The number of hydrogen-bond donors (Lipinski definition) is 1. The van der Waals surface area contributed by atoms with Gasteiger partial charge < -0.3 is 5.32 Å². The first-order chi connectivity index (χ1) is 10.2. The summed E-state index contributed by atoms with van der Waals surface area (Å²) < 4.78 is 0. The molecule has 0 aliphatic carbocycles. The number of carbonyl (C=O) groups excluding carboxylic acids is 1. The predicted octanol–water partition coefficient (Wildman–Crippen LogP) is 4.69. The lowest BCUT2D eigenvalue weighted by Gasteiger charge is -2.39. The maximum Gasteiger partial charge on any atom is 0.230 e. The third kappa shape index (κ3) is 3.87. The highest BCUT2D eigenvalue weighted by Gasteiger charge is 2.44. The second-order valence-corrected chi connectivity index (χ2v) is 5.90. The van der Waals surface area contributed by atoms with E-state index in [-0.39, 0.29) is 11.3 Å². The minimum atomic E-state index is -0.388. The van der Waals surface area contributed by atoms with E-state index in [2.05, 4.69) is 38.2 Å². The van der Waals surface area contributed by atoms with E-state index in [0.29, 0.717) is 5.92 Å². The molecule has 2 heteroatoms. The number of hydrogen-bond acceptors (Lipinski definition) is 1. The van der Waals surface area contributed by atoms with E-state index in [9.17, 15) is 4.79 Å². The molecule has 0 aliphatic rings.